The summed E-state index contributed by atoms with van der Waals surface area (Å²) < 4.78 is 0. The number of hydrogen-bond donors (Lipinski definition) is 1. The van der Waals surface area contributed by atoms with E-state index < -0.39 is 0 Å². The second-order valence-electron chi connectivity index (χ2n) is 10.9. The molecule has 2 aliphatic rings. The maximum absolute atomic E-state index is 13.5. The Morgan fingerprint density at radius 1 is 0.811 bits per heavy atom. The van der Waals surface area contributed by atoms with Gasteiger partial charge in [0.25, 0.3) is 5.91 Å². The largest absolute Gasteiger partial charge is 0.349 e. The van der Waals surface area contributed by atoms with E-state index >= 15 is 0 Å². The number of ketones is 1. The van der Waals surface area contributed by atoms with E-state index in [9.17, 15) is 9.59 Å². The molecule has 0 saturated heterocycles. The van der Waals surface area contributed by atoms with Gasteiger partial charge in [-0.2, -0.15) is 0 Å². The highest BCUT2D eigenvalue weighted by Crippen LogP contribution is 2.58. The van der Waals surface area contributed by atoms with Crippen molar-refractivity contribution in [3.05, 3.63) is 107 Å². The van der Waals surface area contributed by atoms with Crippen molar-refractivity contribution in [2.75, 3.05) is 0 Å². The van der Waals surface area contributed by atoms with Crippen LogP contribution in [0.5, 0.6) is 0 Å². The molecule has 0 bridgehead atoms. The highest BCUT2D eigenvalue weighted by atomic mass is 32.1. The number of carbonyl (C=O) groups excluding carboxylic acids is 2. The molecule has 3 nitrogen and oxygen atoms in total. The summed E-state index contributed by atoms with van der Waals surface area (Å²) in [5, 5.41) is 5.33. The maximum Gasteiger partial charge on any atom is 0.252 e. The summed E-state index contributed by atoms with van der Waals surface area (Å²) in [5.41, 5.74) is 6.91. The van der Waals surface area contributed by atoms with Crippen molar-refractivity contribution in [3.8, 4) is 21.6 Å². The molecule has 6 rings (SSSR count). The second kappa shape index (κ2) is 9.75. The van der Waals surface area contributed by atoms with Crippen LogP contribution in [0.4, 0.5) is 0 Å². The van der Waals surface area contributed by atoms with E-state index in [-0.39, 0.29) is 17.9 Å². The lowest BCUT2D eigenvalue weighted by Crippen LogP contribution is -2.57. The zero-order valence-electron chi connectivity index (χ0n) is 21.1. The van der Waals surface area contributed by atoms with Gasteiger partial charge in [-0.25, -0.2) is 0 Å². The lowest BCUT2D eigenvalue weighted by atomic mass is 9.49. The monoisotopic (exact) mass is 505 g/mol. The molecule has 1 aromatic heterocycles. The smallest absolute Gasteiger partial charge is 0.252 e. The quantitative estimate of drug-likeness (QED) is 0.282. The molecular weight excluding hydrogens is 474 g/mol. The Morgan fingerprint density at radius 2 is 1.41 bits per heavy atom. The Kier molecular flexibility index (Phi) is 6.29. The van der Waals surface area contributed by atoms with E-state index in [1.807, 2.05) is 29.6 Å². The highest BCUT2D eigenvalue weighted by Gasteiger charge is 2.54. The lowest BCUT2D eigenvalue weighted by molar-refractivity contribution is -0.134. The van der Waals surface area contributed by atoms with E-state index in [2.05, 4.69) is 66.0 Å². The summed E-state index contributed by atoms with van der Waals surface area (Å²) in [6.45, 7) is 1.70. The first-order valence-electron chi connectivity index (χ1n) is 13.1. The van der Waals surface area contributed by atoms with Gasteiger partial charge in [-0.3, -0.25) is 9.59 Å². The van der Waals surface area contributed by atoms with Crippen molar-refractivity contribution in [2.45, 2.75) is 45.1 Å². The molecule has 0 unspecified atom stereocenters. The molecule has 37 heavy (non-hydrogen) atoms. The van der Waals surface area contributed by atoms with Gasteiger partial charge in [-0.1, -0.05) is 84.9 Å². The van der Waals surface area contributed by atoms with Gasteiger partial charge in [-0.15, -0.1) is 11.3 Å². The zero-order chi connectivity index (χ0) is 25.4. The van der Waals surface area contributed by atoms with Crippen molar-refractivity contribution in [2.24, 2.45) is 11.3 Å². The average molecular weight is 506 g/mol. The van der Waals surface area contributed by atoms with Crippen molar-refractivity contribution >= 4 is 23.0 Å². The molecule has 0 radical (unpaired) electrons. The summed E-state index contributed by atoms with van der Waals surface area (Å²) >= 11 is 1.65. The van der Waals surface area contributed by atoms with Gasteiger partial charge < -0.3 is 5.32 Å². The molecule has 186 valence electrons. The van der Waals surface area contributed by atoms with Crippen LogP contribution in [-0.4, -0.2) is 17.7 Å². The number of hydrogen-bond acceptors (Lipinski definition) is 3. The normalized spacial score (nSPS) is 22.2. The molecule has 1 heterocycles. The minimum absolute atomic E-state index is 0.0247. The van der Waals surface area contributed by atoms with Gasteiger partial charge in [0.2, 0.25) is 0 Å². The summed E-state index contributed by atoms with van der Waals surface area (Å²) in [4.78, 5) is 26.3. The number of benzene rings is 3. The molecule has 0 atom stereocenters. The molecule has 3 aromatic carbocycles. The lowest BCUT2D eigenvalue weighted by Gasteiger charge is -2.57. The predicted octanol–water partition coefficient (Wildman–Crippen LogP) is 7.55. The topological polar surface area (TPSA) is 46.2 Å². The minimum Gasteiger partial charge on any atom is -0.349 e. The van der Waals surface area contributed by atoms with Crippen LogP contribution in [0.15, 0.2) is 90.3 Å². The predicted molar refractivity (Wildman–Crippen MR) is 151 cm³/mol. The van der Waals surface area contributed by atoms with Gasteiger partial charge >= 0.3 is 0 Å². The van der Waals surface area contributed by atoms with Crippen molar-refractivity contribution in [1.82, 2.24) is 5.32 Å². The number of Topliss-reactive ketones (excluding diaryl/α,β-unsaturated/α-hetero) is 1. The molecule has 2 aliphatic carbocycles. The molecule has 2 fully saturated rings. The van der Waals surface area contributed by atoms with Crippen LogP contribution in [-0.2, 0) is 11.2 Å². The number of nitrogens with one attached hydrogen (secondary N) is 1. The molecule has 2 saturated carbocycles. The van der Waals surface area contributed by atoms with E-state index in [4.69, 9.17) is 0 Å². The van der Waals surface area contributed by atoms with Gasteiger partial charge in [0.1, 0.15) is 5.78 Å². The number of carbonyl (C=O) groups is 2. The number of amides is 1. The van der Waals surface area contributed by atoms with E-state index in [0.29, 0.717) is 17.6 Å². The third kappa shape index (κ3) is 4.78. The van der Waals surface area contributed by atoms with E-state index in [1.54, 1.807) is 18.3 Å². The first-order valence-corrected chi connectivity index (χ1v) is 14.0. The van der Waals surface area contributed by atoms with Crippen molar-refractivity contribution in [1.29, 1.82) is 0 Å². The third-order valence-electron chi connectivity index (χ3n) is 8.24. The van der Waals surface area contributed by atoms with Crippen molar-refractivity contribution in [3.63, 3.8) is 0 Å². The molecule has 1 amide bonds. The summed E-state index contributed by atoms with van der Waals surface area (Å²) in [7, 11) is 0. The SMILES string of the molecule is CC(=O)C1CC2(CC(NC(=O)c3csc(-c4ccccc4)c3Cc3ccc(-c4ccccc4)cc3)C2)C1. The molecular formula is C33H31NO2S. The van der Waals surface area contributed by atoms with E-state index in [0.717, 1.165) is 47.3 Å². The standard InChI is InChI=1S/C33H31NO2S/c1-22(35)27-17-33(18-27)19-28(20-33)34-32(36)30-21-37-31(26-10-6-3-7-11-26)29(30)16-23-12-14-25(15-13-23)24-8-4-2-5-9-24/h2-15,21,27-28H,16-20H2,1H3,(H,34,36). The van der Waals surface area contributed by atoms with E-state index in [1.165, 1.54) is 16.7 Å². The van der Waals surface area contributed by atoms with Gasteiger partial charge in [0.05, 0.1) is 5.56 Å². The molecule has 4 heteroatoms. The average Bonchev–Trinajstić information content (AvgIpc) is 3.29. The summed E-state index contributed by atoms with van der Waals surface area (Å²) in [6, 6.07) is 29.6. The minimum atomic E-state index is 0.0247. The molecule has 1 spiro atoms. The fourth-order valence-electron chi connectivity index (χ4n) is 6.19. The van der Waals surface area contributed by atoms with Crippen LogP contribution >= 0.6 is 11.3 Å². The first-order chi connectivity index (χ1) is 18.0. The maximum atomic E-state index is 13.5. The molecule has 0 aliphatic heterocycles. The fraction of sp³-hybridized carbons (Fsp3) is 0.273. The van der Waals surface area contributed by atoms with Gasteiger partial charge in [0.15, 0.2) is 0 Å². The Morgan fingerprint density at radius 3 is 2.03 bits per heavy atom. The van der Waals surface area contributed by atoms with Crippen LogP contribution in [0.25, 0.3) is 21.6 Å². The van der Waals surface area contributed by atoms with Crippen LogP contribution < -0.4 is 5.32 Å². The van der Waals surface area contributed by atoms with Crippen LogP contribution in [0.1, 0.15) is 54.1 Å². The Balaban J connectivity index is 1.21. The van der Waals surface area contributed by atoms with Crippen LogP contribution in [0, 0.1) is 11.3 Å². The number of thiophene rings is 1. The van der Waals surface area contributed by atoms with Crippen molar-refractivity contribution < 1.29 is 9.59 Å². The zero-order valence-corrected chi connectivity index (χ0v) is 21.9. The Hall–Kier alpha value is -3.50. The van der Waals surface area contributed by atoms with Gasteiger partial charge in [0, 0.05) is 22.2 Å². The summed E-state index contributed by atoms with van der Waals surface area (Å²) in [6.07, 6.45) is 4.69. The molecule has 4 aromatic rings. The third-order valence-corrected chi connectivity index (χ3v) is 9.32. The highest BCUT2D eigenvalue weighted by molar-refractivity contribution is 7.14. The first kappa shape index (κ1) is 23.9. The molecule has 1 N–H and O–H groups in total. The Labute approximate surface area is 222 Å². The number of rotatable bonds is 7. The second-order valence-corrected chi connectivity index (χ2v) is 11.7. The Bertz CT molecular complexity index is 1410. The summed E-state index contributed by atoms with van der Waals surface area (Å²) in [5.74, 6) is 0.574. The fourth-order valence-corrected chi connectivity index (χ4v) is 7.27. The van der Waals surface area contributed by atoms with Crippen LogP contribution in [0.3, 0.4) is 0 Å². The van der Waals surface area contributed by atoms with Crippen LogP contribution in [0.2, 0.25) is 0 Å². The van der Waals surface area contributed by atoms with Gasteiger partial charge in [-0.05, 0) is 72.3 Å².